The Bertz CT molecular complexity index is 636. The molecule has 0 saturated carbocycles. The zero-order valence-electron chi connectivity index (χ0n) is 10.4. The second-order valence-electron chi connectivity index (χ2n) is 4.48. The molecule has 0 spiro atoms. The van der Waals surface area contributed by atoms with Gasteiger partial charge in [-0.2, -0.15) is 5.10 Å². The predicted octanol–water partition coefficient (Wildman–Crippen LogP) is 3.33. The first-order chi connectivity index (χ1) is 9.38. The van der Waals surface area contributed by atoms with E-state index in [0.29, 0.717) is 5.69 Å². The van der Waals surface area contributed by atoms with Crippen molar-refractivity contribution in [1.29, 1.82) is 0 Å². The second-order valence-corrected chi connectivity index (χ2v) is 4.48. The molecule has 1 atom stereocenters. The largest absolute Gasteiger partial charge is 0.309 e. The number of nitrogens with zero attached hydrogens (tertiary/aromatic N) is 2. The molecule has 0 radical (unpaired) electrons. The zero-order valence-corrected chi connectivity index (χ0v) is 10.4. The maximum atomic E-state index is 6.98. The van der Waals surface area contributed by atoms with Crippen LogP contribution >= 0.6 is 0 Å². The average molecular weight is 247 g/mol. The molecule has 0 saturated heterocycles. The quantitative estimate of drug-likeness (QED) is 0.810. The van der Waals surface area contributed by atoms with Gasteiger partial charge in [0.05, 0.1) is 12.3 Å². The van der Waals surface area contributed by atoms with E-state index in [4.69, 9.17) is 6.57 Å². The van der Waals surface area contributed by atoms with Crippen LogP contribution in [0.3, 0.4) is 0 Å². The zero-order chi connectivity index (χ0) is 13.1. The second kappa shape index (κ2) is 4.95. The Morgan fingerprint density at radius 2 is 1.79 bits per heavy atom. The lowest BCUT2D eigenvalue weighted by molar-refractivity contribution is 0.763. The molecular weight excluding hydrogens is 234 g/mol. The summed E-state index contributed by atoms with van der Waals surface area (Å²) >= 11 is 0. The summed E-state index contributed by atoms with van der Waals surface area (Å²) in [6.07, 6.45) is 0. The minimum Gasteiger partial charge on any atom is -0.309 e. The summed E-state index contributed by atoms with van der Waals surface area (Å²) in [5.74, 6) is 0.278. The fourth-order valence-corrected chi connectivity index (χ4v) is 2.33. The highest BCUT2D eigenvalue weighted by molar-refractivity contribution is 6.06. The fraction of sp³-hybridized carbons (Fsp3) is 0.125. The molecule has 2 aromatic rings. The van der Waals surface area contributed by atoms with Crippen molar-refractivity contribution < 1.29 is 0 Å². The molecule has 0 bridgehead atoms. The van der Waals surface area contributed by atoms with Crippen LogP contribution in [0.2, 0.25) is 0 Å². The SMILES string of the molecule is [C-]#[N+]c1ccc(C2=NNCC2c2ccccc2)cc1. The van der Waals surface area contributed by atoms with Gasteiger partial charge in [0.1, 0.15) is 0 Å². The minimum atomic E-state index is 0.278. The van der Waals surface area contributed by atoms with Crippen LogP contribution in [0.4, 0.5) is 5.69 Å². The van der Waals surface area contributed by atoms with Crippen molar-refractivity contribution in [2.24, 2.45) is 5.10 Å². The average Bonchev–Trinajstić information content (AvgIpc) is 2.98. The smallest absolute Gasteiger partial charge is 0.187 e. The number of nitrogens with one attached hydrogen (secondary N) is 1. The summed E-state index contributed by atoms with van der Waals surface area (Å²) in [5, 5.41) is 4.41. The highest BCUT2D eigenvalue weighted by Crippen LogP contribution is 2.25. The third-order valence-electron chi connectivity index (χ3n) is 3.32. The summed E-state index contributed by atoms with van der Waals surface area (Å²) in [7, 11) is 0. The first kappa shape index (κ1) is 11.5. The Balaban J connectivity index is 1.93. The van der Waals surface area contributed by atoms with Crippen molar-refractivity contribution in [3.05, 3.63) is 77.1 Å². The van der Waals surface area contributed by atoms with Gasteiger partial charge in [-0.15, -0.1) is 0 Å². The van der Waals surface area contributed by atoms with Gasteiger partial charge in [-0.3, -0.25) is 0 Å². The van der Waals surface area contributed by atoms with Crippen molar-refractivity contribution in [2.45, 2.75) is 5.92 Å². The number of hydrogen-bond donors (Lipinski definition) is 1. The van der Waals surface area contributed by atoms with E-state index >= 15 is 0 Å². The summed E-state index contributed by atoms with van der Waals surface area (Å²) in [6, 6.07) is 18.0. The predicted molar refractivity (Wildman–Crippen MR) is 76.4 cm³/mol. The molecule has 0 fully saturated rings. The molecule has 0 amide bonds. The molecule has 1 heterocycles. The molecule has 3 heteroatoms. The lowest BCUT2D eigenvalue weighted by Crippen LogP contribution is -2.14. The van der Waals surface area contributed by atoms with Gasteiger partial charge in [0, 0.05) is 12.5 Å². The third kappa shape index (κ3) is 2.21. The molecule has 19 heavy (non-hydrogen) atoms. The van der Waals surface area contributed by atoms with E-state index in [1.54, 1.807) is 0 Å². The van der Waals surface area contributed by atoms with Crippen molar-refractivity contribution in [3.63, 3.8) is 0 Å². The first-order valence-corrected chi connectivity index (χ1v) is 6.22. The first-order valence-electron chi connectivity index (χ1n) is 6.22. The van der Waals surface area contributed by atoms with Gasteiger partial charge in [-0.25, -0.2) is 4.85 Å². The lowest BCUT2D eigenvalue weighted by atomic mass is 9.91. The molecule has 1 aliphatic rings. The van der Waals surface area contributed by atoms with Crippen LogP contribution in [0.1, 0.15) is 17.0 Å². The topological polar surface area (TPSA) is 28.8 Å². The fourth-order valence-electron chi connectivity index (χ4n) is 2.33. The van der Waals surface area contributed by atoms with E-state index in [-0.39, 0.29) is 5.92 Å². The van der Waals surface area contributed by atoms with Crippen LogP contribution in [-0.2, 0) is 0 Å². The van der Waals surface area contributed by atoms with Crippen molar-refractivity contribution in [1.82, 2.24) is 5.43 Å². The monoisotopic (exact) mass is 247 g/mol. The van der Waals surface area contributed by atoms with E-state index in [0.717, 1.165) is 17.8 Å². The van der Waals surface area contributed by atoms with Gasteiger partial charge >= 0.3 is 0 Å². The van der Waals surface area contributed by atoms with Crippen LogP contribution in [0.5, 0.6) is 0 Å². The van der Waals surface area contributed by atoms with Crippen LogP contribution in [0.25, 0.3) is 4.85 Å². The van der Waals surface area contributed by atoms with Crippen LogP contribution in [0.15, 0.2) is 59.7 Å². The maximum Gasteiger partial charge on any atom is 0.187 e. The number of hydrazone groups is 1. The van der Waals surface area contributed by atoms with Gasteiger partial charge in [-0.1, -0.05) is 54.6 Å². The van der Waals surface area contributed by atoms with E-state index in [1.807, 2.05) is 42.5 Å². The molecule has 0 aliphatic carbocycles. The summed E-state index contributed by atoms with van der Waals surface area (Å²) < 4.78 is 0. The number of hydrogen-bond acceptors (Lipinski definition) is 2. The van der Waals surface area contributed by atoms with E-state index < -0.39 is 0 Å². The van der Waals surface area contributed by atoms with Gasteiger partial charge < -0.3 is 5.43 Å². The van der Waals surface area contributed by atoms with Crippen LogP contribution in [-0.4, -0.2) is 12.3 Å². The van der Waals surface area contributed by atoms with Crippen molar-refractivity contribution in [2.75, 3.05) is 6.54 Å². The molecule has 1 N–H and O–H groups in total. The molecule has 3 nitrogen and oxygen atoms in total. The third-order valence-corrected chi connectivity index (χ3v) is 3.32. The lowest BCUT2D eigenvalue weighted by Gasteiger charge is -2.12. The normalized spacial score (nSPS) is 17.4. The highest BCUT2D eigenvalue weighted by atomic mass is 15.3. The molecule has 1 unspecified atom stereocenters. The Morgan fingerprint density at radius 1 is 1.05 bits per heavy atom. The van der Waals surface area contributed by atoms with Gasteiger partial charge in [0.15, 0.2) is 5.69 Å². The Morgan fingerprint density at radius 3 is 2.47 bits per heavy atom. The van der Waals surface area contributed by atoms with Gasteiger partial charge in [0.25, 0.3) is 0 Å². The molecule has 3 rings (SSSR count). The Kier molecular flexibility index (Phi) is 2.99. The molecule has 1 aliphatic heterocycles. The highest BCUT2D eigenvalue weighted by Gasteiger charge is 2.24. The standard InChI is InChI=1S/C16H13N3/c1-17-14-9-7-13(8-10-14)16-15(11-18-19-16)12-5-3-2-4-6-12/h2-10,15,18H,11H2. The van der Waals surface area contributed by atoms with Crippen LogP contribution in [0, 0.1) is 6.57 Å². The van der Waals surface area contributed by atoms with E-state index in [1.165, 1.54) is 5.56 Å². The molecular formula is C16H13N3. The molecule has 92 valence electrons. The number of rotatable bonds is 2. The summed E-state index contributed by atoms with van der Waals surface area (Å²) in [6.45, 7) is 7.80. The Labute approximate surface area is 112 Å². The van der Waals surface area contributed by atoms with E-state index in [2.05, 4.69) is 27.5 Å². The van der Waals surface area contributed by atoms with E-state index in [9.17, 15) is 0 Å². The van der Waals surface area contributed by atoms with Gasteiger partial charge in [-0.05, 0) is 11.1 Å². The van der Waals surface area contributed by atoms with Crippen LogP contribution < -0.4 is 5.43 Å². The minimum absolute atomic E-state index is 0.278. The molecule has 0 aromatic heterocycles. The summed E-state index contributed by atoms with van der Waals surface area (Å²) in [4.78, 5) is 3.41. The van der Waals surface area contributed by atoms with Crippen molar-refractivity contribution >= 4 is 11.4 Å². The van der Waals surface area contributed by atoms with Crippen molar-refractivity contribution in [3.8, 4) is 0 Å². The number of benzene rings is 2. The maximum absolute atomic E-state index is 6.98. The van der Waals surface area contributed by atoms with Gasteiger partial charge in [0.2, 0.25) is 0 Å². The summed E-state index contributed by atoms with van der Waals surface area (Å²) in [5.41, 5.74) is 7.12. The Hall–Kier alpha value is -2.60. The molecule has 2 aromatic carbocycles.